The zero-order valence-corrected chi connectivity index (χ0v) is 17.4. The first-order chi connectivity index (χ1) is 15.2. The van der Waals surface area contributed by atoms with Crippen molar-refractivity contribution in [3.05, 3.63) is 95.1 Å². The van der Waals surface area contributed by atoms with Crippen LogP contribution in [0.1, 0.15) is 46.3 Å². The molecule has 31 heavy (non-hydrogen) atoms. The molecule has 0 aliphatic heterocycles. The molecule has 4 heteroatoms. The molecule has 154 valence electrons. The van der Waals surface area contributed by atoms with Gasteiger partial charge in [-0.3, -0.25) is 4.79 Å². The second-order valence-electron chi connectivity index (χ2n) is 7.34. The third kappa shape index (κ3) is 4.51. The van der Waals surface area contributed by atoms with Crippen molar-refractivity contribution in [3.63, 3.8) is 0 Å². The molecule has 4 nitrogen and oxygen atoms in total. The Kier molecular flexibility index (Phi) is 6.14. The van der Waals surface area contributed by atoms with E-state index in [4.69, 9.17) is 4.74 Å². The van der Waals surface area contributed by atoms with Crippen LogP contribution in [0.4, 0.5) is 4.79 Å². The number of ketones is 1. The highest BCUT2D eigenvalue weighted by molar-refractivity contribution is 5.96. The summed E-state index contributed by atoms with van der Waals surface area (Å²) >= 11 is 0. The molecule has 0 saturated heterocycles. The summed E-state index contributed by atoms with van der Waals surface area (Å²) in [4.78, 5) is 24.0. The molecule has 0 unspecified atom stereocenters. The first-order valence-electron chi connectivity index (χ1n) is 10.4. The second-order valence-corrected chi connectivity index (χ2v) is 7.34. The van der Waals surface area contributed by atoms with Crippen LogP contribution in [0.2, 0.25) is 0 Å². The van der Waals surface area contributed by atoms with E-state index in [1.807, 2.05) is 43.3 Å². The van der Waals surface area contributed by atoms with Crippen molar-refractivity contribution >= 4 is 11.9 Å². The normalized spacial score (nSPS) is 11.6. The first kappa shape index (κ1) is 20.4. The largest absolute Gasteiger partial charge is 0.449 e. The van der Waals surface area contributed by atoms with E-state index in [-0.39, 0.29) is 24.9 Å². The molecule has 3 aromatic carbocycles. The van der Waals surface area contributed by atoms with Crippen molar-refractivity contribution in [2.24, 2.45) is 0 Å². The van der Waals surface area contributed by atoms with Gasteiger partial charge in [0.15, 0.2) is 5.78 Å². The van der Waals surface area contributed by atoms with Crippen LogP contribution in [0, 0.1) is 11.8 Å². The van der Waals surface area contributed by atoms with Gasteiger partial charge in [0.05, 0.1) is 6.54 Å². The van der Waals surface area contributed by atoms with Crippen molar-refractivity contribution < 1.29 is 14.3 Å². The molecule has 1 aliphatic rings. The summed E-state index contributed by atoms with van der Waals surface area (Å²) in [5.74, 6) is 5.99. The average molecular weight is 409 g/mol. The highest BCUT2D eigenvalue weighted by atomic mass is 16.5. The maximum absolute atomic E-state index is 12.2. The molecule has 1 N–H and O–H groups in total. The van der Waals surface area contributed by atoms with Crippen LogP contribution in [0.25, 0.3) is 11.1 Å². The van der Waals surface area contributed by atoms with E-state index < -0.39 is 6.09 Å². The van der Waals surface area contributed by atoms with Gasteiger partial charge in [-0.1, -0.05) is 79.4 Å². The molecule has 0 heterocycles. The van der Waals surface area contributed by atoms with E-state index in [1.165, 1.54) is 22.3 Å². The van der Waals surface area contributed by atoms with Crippen molar-refractivity contribution in [3.8, 4) is 23.0 Å². The Morgan fingerprint density at radius 3 is 2.29 bits per heavy atom. The Bertz CT molecular complexity index is 1140. The van der Waals surface area contributed by atoms with Crippen LogP contribution in [0.15, 0.2) is 72.8 Å². The monoisotopic (exact) mass is 409 g/mol. The summed E-state index contributed by atoms with van der Waals surface area (Å²) in [5.41, 5.74) is 6.14. The fourth-order valence-electron chi connectivity index (χ4n) is 3.89. The number of nitrogens with one attached hydrogen (secondary N) is 1. The molecule has 0 bridgehead atoms. The number of carbonyl (C=O) groups excluding carboxylic acids is 2. The molecule has 0 saturated carbocycles. The third-order valence-electron chi connectivity index (χ3n) is 5.40. The first-order valence-corrected chi connectivity index (χ1v) is 10.4. The highest BCUT2D eigenvalue weighted by Crippen LogP contribution is 2.44. The van der Waals surface area contributed by atoms with E-state index in [0.29, 0.717) is 12.0 Å². The van der Waals surface area contributed by atoms with E-state index in [2.05, 4.69) is 41.4 Å². The average Bonchev–Trinajstić information content (AvgIpc) is 3.14. The minimum Gasteiger partial charge on any atom is -0.449 e. The minimum absolute atomic E-state index is 0.0306. The van der Waals surface area contributed by atoms with Crippen molar-refractivity contribution in [2.75, 3.05) is 13.2 Å². The van der Waals surface area contributed by atoms with Crippen molar-refractivity contribution in [2.45, 2.75) is 19.3 Å². The predicted octanol–water partition coefficient (Wildman–Crippen LogP) is 5.17. The summed E-state index contributed by atoms with van der Waals surface area (Å²) in [7, 11) is 0. The Balaban J connectivity index is 1.33. The van der Waals surface area contributed by atoms with Crippen LogP contribution < -0.4 is 5.32 Å². The fourth-order valence-corrected chi connectivity index (χ4v) is 3.89. The van der Waals surface area contributed by atoms with Gasteiger partial charge in [0.1, 0.15) is 6.61 Å². The van der Waals surface area contributed by atoms with Crippen LogP contribution in [-0.4, -0.2) is 25.0 Å². The molecule has 4 rings (SSSR count). The Labute approximate surface area is 182 Å². The van der Waals surface area contributed by atoms with E-state index in [0.717, 1.165) is 5.56 Å². The number of ether oxygens (including phenoxy) is 1. The highest BCUT2D eigenvalue weighted by Gasteiger charge is 2.28. The topological polar surface area (TPSA) is 55.4 Å². The molecule has 1 amide bonds. The maximum Gasteiger partial charge on any atom is 0.407 e. The van der Waals surface area contributed by atoms with Crippen LogP contribution in [0.5, 0.6) is 0 Å². The van der Waals surface area contributed by atoms with Gasteiger partial charge in [0.2, 0.25) is 0 Å². The SMILES string of the molecule is CCC(=O)c1cccc(C#CCNC(=O)OCC2c3ccccc3-c3ccccc32)c1. The number of rotatable bonds is 5. The zero-order valence-electron chi connectivity index (χ0n) is 17.4. The van der Waals surface area contributed by atoms with E-state index in [1.54, 1.807) is 12.1 Å². The van der Waals surface area contributed by atoms with Gasteiger partial charge in [0.25, 0.3) is 0 Å². The summed E-state index contributed by atoms with van der Waals surface area (Å²) in [6, 6.07) is 23.7. The van der Waals surface area contributed by atoms with Crippen molar-refractivity contribution in [1.82, 2.24) is 5.32 Å². The second kappa shape index (κ2) is 9.32. The third-order valence-corrected chi connectivity index (χ3v) is 5.40. The smallest absolute Gasteiger partial charge is 0.407 e. The van der Waals surface area contributed by atoms with Gasteiger partial charge >= 0.3 is 6.09 Å². The van der Waals surface area contributed by atoms with Gasteiger partial charge in [0, 0.05) is 23.5 Å². The standard InChI is InChI=1S/C27H23NO3/c1-2-26(29)20-11-7-9-19(17-20)10-8-16-28-27(30)31-18-25-23-14-5-3-12-21(23)22-13-4-6-15-24(22)25/h3-7,9,11-15,17,25H,2,16,18H2,1H3,(H,28,30). The summed E-state index contributed by atoms with van der Waals surface area (Å²) < 4.78 is 5.49. The molecule has 0 atom stereocenters. The number of benzene rings is 3. The molecule has 0 radical (unpaired) electrons. The van der Waals surface area contributed by atoms with Crippen LogP contribution >= 0.6 is 0 Å². The Morgan fingerprint density at radius 2 is 1.61 bits per heavy atom. The summed E-state index contributed by atoms with van der Waals surface area (Å²) in [6.45, 7) is 2.27. The van der Waals surface area contributed by atoms with Crippen molar-refractivity contribution in [1.29, 1.82) is 0 Å². The lowest BCUT2D eigenvalue weighted by molar-refractivity contribution is 0.0988. The van der Waals surface area contributed by atoms with Gasteiger partial charge < -0.3 is 10.1 Å². The molecule has 3 aromatic rings. The molecular weight excluding hydrogens is 386 g/mol. The van der Waals surface area contributed by atoms with E-state index >= 15 is 0 Å². The van der Waals surface area contributed by atoms with Gasteiger partial charge in [-0.05, 0) is 34.4 Å². The summed E-state index contributed by atoms with van der Waals surface area (Å²) in [6.07, 6.45) is -0.0358. The lowest BCUT2D eigenvalue weighted by Gasteiger charge is -2.14. The number of alkyl carbamates (subject to hydrolysis) is 1. The number of carbonyl (C=O) groups is 2. The number of hydrogen-bond acceptors (Lipinski definition) is 3. The molecular formula is C27H23NO3. The quantitative estimate of drug-likeness (QED) is 0.467. The molecule has 0 aromatic heterocycles. The minimum atomic E-state index is -0.494. The lowest BCUT2D eigenvalue weighted by atomic mass is 9.98. The number of Topliss-reactive ketones (excluding diaryl/α,β-unsaturated/α-hetero) is 1. The van der Waals surface area contributed by atoms with E-state index in [9.17, 15) is 9.59 Å². The zero-order chi connectivity index (χ0) is 21.6. The predicted molar refractivity (Wildman–Crippen MR) is 121 cm³/mol. The Hall–Kier alpha value is -3.84. The van der Waals surface area contributed by atoms with Gasteiger partial charge in [-0.25, -0.2) is 4.79 Å². The maximum atomic E-state index is 12.2. The van der Waals surface area contributed by atoms with Gasteiger partial charge in [-0.15, -0.1) is 0 Å². The van der Waals surface area contributed by atoms with Crippen LogP contribution in [-0.2, 0) is 4.74 Å². The van der Waals surface area contributed by atoms with Gasteiger partial charge in [-0.2, -0.15) is 0 Å². The number of hydrogen-bond donors (Lipinski definition) is 1. The molecule has 0 spiro atoms. The van der Waals surface area contributed by atoms with Crippen LogP contribution in [0.3, 0.4) is 0 Å². The molecule has 1 aliphatic carbocycles. The summed E-state index contributed by atoms with van der Waals surface area (Å²) in [5, 5.41) is 2.67. The number of amides is 1. The number of fused-ring (bicyclic) bond motifs is 3. The lowest BCUT2D eigenvalue weighted by Crippen LogP contribution is -2.26. The Morgan fingerprint density at radius 1 is 0.935 bits per heavy atom. The fraction of sp³-hybridized carbons (Fsp3) is 0.185. The molecule has 0 fully saturated rings.